The third kappa shape index (κ3) is 2.97. The predicted octanol–water partition coefficient (Wildman–Crippen LogP) is 0.821. The van der Waals surface area contributed by atoms with Gasteiger partial charge in [0.25, 0.3) is 0 Å². The van der Waals surface area contributed by atoms with Gasteiger partial charge >= 0.3 is 0 Å². The minimum atomic E-state index is -0.452. The minimum absolute atomic E-state index is 0.144. The second-order valence-corrected chi connectivity index (χ2v) is 7.06. The lowest BCUT2D eigenvalue weighted by atomic mass is 9.84. The summed E-state index contributed by atoms with van der Waals surface area (Å²) in [6.45, 7) is 5.98. The van der Waals surface area contributed by atoms with Crippen LogP contribution in [0.3, 0.4) is 0 Å². The van der Waals surface area contributed by atoms with Gasteiger partial charge in [-0.3, -0.25) is 9.80 Å². The third-order valence-corrected chi connectivity index (χ3v) is 5.35. The number of nitrogens with zero attached hydrogens (tertiary/aromatic N) is 2. The molecule has 4 nitrogen and oxygen atoms in total. The van der Waals surface area contributed by atoms with Gasteiger partial charge in [-0.2, -0.15) is 0 Å². The van der Waals surface area contributed by atoms with E-state index >= 15 is 0 Å². The molecule has 3 atom stereocenters. The molecule has 110 valence electrons. The first kappa shape index (κ1) is 13.8. The molecule has 0 radical (unpaired) electrons. The lowest BCUT2D eigenvalue weighted by molar-refractivity contribution is -0.0542. The Labute approximate surface area is 116 Å². The van der Waals surface area contributed by atoms with E-state index in [4.69, 9.17) is 0 Å². The molecule has 0 aromatic carbocycles. The van der Waals surface area contributed by atoms with Crippen molar-refractivity contribution in [2.75, 3.05) is 26.2 Å². The Morgan fingerprint density at radius 1 is 1.11 bits per heavy atom. The van der Waals surface area contributed by atoms with E-state index in [1.54, 1.807) is 0 Å². The average Bonchev–Trinajstić information content (AvgIpc) is 2.69. The Kier molecular flexibility index (Phi) is 3.87. The number of β-amino-alcohol motifs (C(OH)–C–C–N with tert-alkyl or cyclic N) is 1. The van der Waals surface area contributed by atoms with Gasteiger partial charge in [0.2, 0.25) is 0 Å². The van der Waals surface area contributed by atoms with Crippen molar-refractivity contribution in [3.63, 3.8) is 0 Å². The summed E-state index contributed by atoms with van der Waals surface area (Å²) >= 11 is 0. The van der Waals surface area contributed by atoms with Crippen LogP contribution in [0.15, 0.2) is 0 Å². The number of hydrogen-bond donors (Lipinski definition) is 2. The van der Waals surface area contributed by atoms with Gasteiger partial charge in [-0.25, -0.2) is 0 Å². The van der Waals surface area contributed by atoms with Crippen LogP contribution in [0, 0.1) is 0 Å². The molecular formula is C15H28N2O2. The van der Waals surface area contributed by atoms with Gasteiger partial charge < -0.3 is 10.2 Å². The van der Waals surface area contributed by atoms with Gasteiger partial charge in [0.05, 0.1) is 11.7 Å². The van der Waals surface area contributed by atoms with Crippen molar-refractivity contribution in [2.24, 2.45) is 0 Å². The monoisotopic (exact) mass is 268 g/mol. The largest absolute Gasteiger partial charge is 0.392 e. The molecule has 2 heterocycles. The molecule has 0 amide bonds. The van der Waals surface area contributed by atoms with Crippen molar-refractivity contribution in [3.8, 4) is 0 Å². The molecule has 1 saturated carbocycles. The van der Waals surface area contributed by atoms with E-state index in [1.807, 2.05) is 0 Å². The smallest absolute Gasteiger partial charge is 0.0774 e. The SMILES string of the molecule is C[C@H]1CN2C[C@H](O)C[C@H]2CN1CC1(O)CCCCC1. The van der Waals surface area contributed by atoms with Gasteiger partial charge in [-0.15, -0.1) is 0 Å². The summed E-state index contributed by atoms with van der Waals surface area (Å²) in [6.07, 6.45) is 6.32. The van der Waals surface area contributed by atoms with Crippen molar-refractivity contribution < 1.29 is 10.2 Å². The molecule has 2 N–H and O–H groups in total. The van der Waals surface area contributed by atoms with E-state index in [-0.39, 0.29) is 6.10 Å². The number of rotatable bonds is 2. The van der Waals surface area contributed by atoms with Crippen molar-refractivity contribution >= 4 is 0 Å². The van der Waals surface area contributed by atoms with Crippen LogP contribution in [0.25, 0.3) is 0 Å². The van der Waals surface area contributed by atoms with Crippen molar-refractivity contribution in [1.29, 1.82) is 0 Å². The zero-order valence-electron chi connectivity index (χ0n) is 12.1. The molecule has 0 aromatic rings. The molecule has 3 rings (SSSR count). The third-order valence-electron chi connectivity index (χ3n) is 5.35. The fourth-order valence-corrected chi connectivity index (χ4v) is 4.24. The van der Waals surface area contributed by atoms with Crippen LogP contribution >= 0.6 is 0 Å². The Bertz CT molecular complexity index is 317. The molecule has 0 aromatic heterocycles. The van der Waals surface area contributed by atoms with Gasteiger partial charge in [0.15, 0.2) is 0 Å². The summed E-state index contributed by atoms with van der Waals surface area (Å²) < 4.78 is 0. The van der Waals surface area contributed by atoms with Gasteiger partial charge in [-0.1, -0.05) is 19.3 Å². The van der Waals surface area contributed by atoms with Crippen molar-refractivity contribution in [3.05, 3.63) is 0 Å². The first-order valence-electron chi connectivity index (χ1n) is 7.94. The van der Waals surface area contributed by atoms with Crippen LogP contribution in [-0.2, 0) is 0 Å². The molecule has 2 saturated heterocycles. The number of aliphatic hydroxyl groups is 2. The second kappa shape index (κ2) is 5.32. The summed E-state index contributed by atoms with van der Waals surface area (Å²) in [5.41, 5.74) is -0.452. The first-order valence-corrected chi connectivity index (χ1v) is 7.94. The summed E-state index contributed by atoms with van der Waals surface area (Å²) in [5, 5.41) is 20.5. The number of piperazine rings is 1. The van der Waals surface area contributed by atoms with E-state index in [2.05, 4.69) is 16.7 Å². The van der Waals surface area contributed by atoms with Crippen LogP contribution in [0.1, 0.15) is 45.4 Å². The van der Waals surface area contributed by atoms with E-state index < -0.39 is 5.60 Å². The fraction of sp³-hybridized carbons (Fsp3) is 1.00. The molecule has 19 heavy (non-hydrogen) atoms. The van der Waals surface area contributed by atoms with E-state index in [0.717, 1.165) is 45.4 Å². The molecule has 3 aliphatic rings. The van der Waals surface area contributed by atoms with E-state index in [9.17, 15) is 10.2 Å². The average molecular weight is 268 g/mol. The maximum absolute atomic E-state index is 10.7. The highest BCUT2D eigenvalue weighted by atomic mass is 16.3. The highest BCUT2D eigenvalue weighted by Crippen LogP contribution is 2.32. The lowest BCUT2D eigenvalue weighted by Crippen LogP contribution is -2.58. The highest BCUT2D eigenvalue weighted by molar-refractivity contribution is 4.96. The number of fused-ring (bicyclic) bond motifs is 1. The first-order chi connectivity index (χ1) is 9.06. The van der Waals surface area contributed by atoms with Gasteiger partial charge in [0, 0.05) is 38.3 Å². The second-order valence-electron chi connectivity index (χ2n) is 7.06. The van der Waals surface area contributed by atoms with Crippen molar-refractivity contribution in [1.82, 2.24) is 9.80 Å². The van der Waals surface area contributed by atoms with Gasteiger partial charge in [0.1, 0.15) is 0 Å². The molecule has 3 fully saturated rings. The molecular weight excluding hydrogens is 240 g/mol. The summed E-state index contributed by atoms with van der Waals surface area (Å²) in [4.78, 5) is 4.89. The Morgan fingerprint density at radius 3 is 2.58 bits per heavy atom. The molecule has 0 spiro atoms. The van der Waals surface area contributed by atoms with Crippen LogP contribution in [0.5, 0.6) is 0 Å². The van der Waals surface area contributed by atoms with Crippen LogP contribution in [0.2, 0.25) is 0 Å². The fourth-order valence-electron chi connectivity index (χ4n) is 4.24. The highest BCUT2D eigenvalue weighted by Gasteiger charge is 2.41. The zero-order chi connectivity index (χ0) is 13.5. The topological polar surface area (TPSA) is 46.9 Å². The Morgan fingerprint density at radius 2 is 1.84 bits per heavy atom. The normalized spacial score (nSPS) is 40.3. The maximum atomic E-state index is 10.7. The quantitative estimate of drug-likeness (QED) is 0.778. The van der Waals surface area contributed by atoms with E-state index in [0.29, 0.717) is 12.1 Å². The summed E-state index contributed by atoms with van der Waals surface area (Å²) in [5.74, 6) is 0. The molecule has 1 aliphatic carbocycles. The van der Waals surface area contributed by atoms with Crippen LogP contribution in [-0.4, -0.2) is 70.0 Å². The minimum Gasteiger partial charge on any atom is -0.392 e. The van der Waals surface area contributed by atoms with Crippen LogP contribution in [0.4, 0.5) is 0 Å². The van der Waals surface area contributed by atoms with Gasteiger partial charge in [-0.05, 0) is 26.2 Å². The molecule has 2 aliphatic heterocycles. The van der Waals surface area contributed by atoms with Crippen LogP contribution < -0.4 is 0 Å². The van der Waals surface area contributed by atoms with Crippen molar-refractivity contribution in [2.45, 2.75) is 69.2 Å². The molecule has 0 bridgehead atoms. The number of hydrogen-bond acceptors (Lipinski definition) is 4. The zero-order valence-corrected chi connectivity index (χ0v) is 12.1. The number of aliphatic hydroxyl groups excluding tert-OH is 1. The standard InChI is InChI=1S/C15H28N2O2/c1-12-8-16-10-14(18)7-13(16)9-17(12)11-15(19)5-3-2-4-6-15/h12-14,18-19H,2-11H2,1H3/t12-,13-,14+/m0/s1. The maximum Gasteiger partial charge on any atom is 0.0774 e. The summed E-state index contributed by atoms with van der Waals surface area (Å²) in [7, 11) is 0. The predicted molar refractivity (Wildman–Crippen MR) is 75.1 cm³/mol. The molecule has 0 unspecified atom stereocenters. The summed E-state index contributed by atoms with van der Waals surface area (Å²) in [6, 6.07) is 0.992. The van der Waals surface area contributed by atoms with E-state index in [1.165, 1.54) is 19.3 Å². The Hall–Kier alpha value is -0.160. The molecule has 4 heteroatoms. The lowest BCUT2D eigenvalue weighted by Gasteiger charge is -2.46. The Balaban J connectivity index is 1.61.